The number of phenols is 2. The first-order valence-electron chi connectivity index (χ1n) is 10.7. The van der Waals surface area contributed by atoms with Crippen LogP contribution in [0.25, 0.3) is 33.9 Å². The number of rotatable bonds is 6. The minimum atomic E-state index is 0.0853. The van der Waals surface area contributed by atoms with Crippen molar-refractivity contribution >= 4 is 0 Å². The Hall–Kier alpha value is -4.12. The molecule has 0 spiro atoms. The van der Waals surface area contributed by atoms with Crippen molar-refractivity contribution < 1.29 is 14.9 Å². The zero-order valence-electron chi connectivity index (χ0n) is 18.9. The zero-order valence-corrected chi connectivity index (χ0v) is 18.9. The van der Waals surface area contributed by atoms with Crippen LogP contribution in [-0.2, 0) is 6.42 Å². The molecule has 0 atom stereocenters. The lowest BCUT2D eigenvalue weighted by Gasteiger charge is -2.14. The molecule has 1 heterocycles. The fraction of sp³-hybridized carbons (Fsp3) is 0.143. The second-order valence-corrected chi connectivity index (χ2v) is 8.04. The summed E-state index contributed by atoms with van der Waals surface area (Å²) >= 11 is 0. The summed E-state index contributed by atoms with van der Waals surface area (Å²) in [5, 5.41) is 20.5. The first-order chi connectivity index (χ1) is 15.9. The molecule has 3 aromatic carbocycles. The highest BCUT2D eigenvalue weighted by molar-refractivity contribution is 5.76. The maximum atomic E-state index is 10.8. The van der Waals surface area contributed by atoms with E-state index in [1.807, 2.05) is 68.4 Å². The third kappa shape index (κ3) is 5.04. The standard InChI is InChI=1S/C28H26N2O3/c1-18(2)9-10-21-15-23(26(32)17-27(21)33-3)25-16-24(19-11-13-22(31)14-12-19)29-28(30-25)20-7-5-4-6-8-20/h4-9,11-17,31-32H,10H2,1-3H3. The van der Waals surface area contributed by atoms with Crippen molar-refractivity contribution in [1.29, 1.82) is 0 Å². The maximum absolute atomic E-state index is 10.8. The van der Waals surface area contributed by atoms with Crippen molar-refractivity contribution in [2.75, 3.05) is 7.11 Å². The van der Waals surface area contributed by atoms with Gasteiger partial charge in [0, 0.05) is 22.8 Å². The van der Waals surface area contributed by atoms with Crippen LogP contribution in [0.3, 0.4) is 0 Å². The molecule has 0 aliphatic rings. The number of hydrogen-bond acceptors (Lipinski definition) is 5. The van der Waals surface area contributed by atoms with Crippen LogP contribution < -0.4 is 4.74 Å². The number of aromatic hydroxyl groups is 2. The Bertz CT molecular complexity index is 1290. The van der Waals surface area contributed by atoms with Crippen LogP contribution in [0.4, 0.5) is 0 Å². The molecule has 4 aromatic rings. The van der Waals surface area contributed by atoms with Crippen LogP contribution in [0.5, 0.6) is 17.2 Å². The normalized spacial score (nSPS) is 10.6. The van der Waals surface area contributed by atoms with Crippen LogP contribution in [-0.4, -0.2) is 27.3 Å². The SMILES string of the molecule is COc1cc(O)c(-c2cc(-c3ccc(O)cc3)nc(-c3ccccc3)n2)cc1CC=C(C)C. The van der Waals surface area contributed by atoms with Gasteiger partial charge in [-0.25, -0.2) is 9.97 Å². The highest BCUT2D eigenvalue weighted by atomic mass is 16.5. The monoisotopic (exact) mass is 438 g/mol. The molecule has 5 heteroatoms. The first kappa shape index (κ1) is 22.1. The number of hydrogen-bond donors (Lipinski definition) is 2. The topological polar surface area (TPSA) is 75.5 Å². The second-order valence-electron chi connectivity index (χ2n) is 8.04. The molecule has 0 saturated heterocycles. The molecule has 33 heavy (non-hydrogen) atoms. The van der Waals surface area contributed by atoms with Crippen LogP contribution >= 0.6 is 0 Å². The molecule has 166 valence electrons. The van der Waals surface area contributed by atoms with Crippen molar-refractivity contribution in [3.05, 3.63) is 90.0 Å². The van der Waals surface area contributed by atoms with E-state index in [2.05, 4.69) is 6.08 Å². The van der Waals surface area contributed by atoms with Gasteiger partial charge >= 0.3 is 0 Å². The van der Waals surface area contributed by atoms with Crippen LogP contribution in [0.15, 0.2) is 84.4 Å². The summed E-state index contributed by atoms with van der Waals surface area (Å²) in [7, 11) is 1.60. The summed E-state index contributed by atoms with van der Waals surface area (Å²) in [6, 6.07) is 22.0. The Kier molecular flexibility index (Phi) is 6.41. The minimum Gasteiger partial charge on any atom is -0.508 e. The Balaban J connectivity index is 1.91. The average Bonchev–Trinajstić information content (AvgIpc) is 2.83. The van der Waals surface area contributed by atoms with E-state index < -0.39 is 0 Å². The van der Waals surface area contributed by atoms with Gasteiger partial charge in [-0.05, 0) is 62.2 Å². The Morgan fingerprint density at radius 2 is 1.55 bits per heavy atom. The van der Waals surface area contributed by atoms with Gasteiger partial charge in [0.15, 0.2) is 5.82 Å². The van der Waals surface area contributed by atoms with Crippen LogP contribution in [0.1, 0.15) is 19.4 Å². The minimum absolute atomic E-state index is 0.0853. The summed E-state index contributed by atoms with van der Waals surface area (Å²) in [4.78, 5) is 9.56. The van der Waals surface area contributed by atoms with Crippen molar-refractivity contribution in [3.8, 4) is 51.2 Å². The predicted molar refractivity (Wildman–Crippen MR) is 131 cm³/mol. The molecule has 0 fully saturated rings. The van der Waals surface area contributed by atoms with Gasteiger partial charge in [0.05, 0.1) is 18.5 Å². The average molecular weight is 439 g/mol. The van der Waals surface area contributed by atoms with Crippen molar-refractivity contribution in [1.82, 2.24) is 9.97 Å². The Labute approximate surface area is 193 Å². The second kappa shape index (κ2) is 9.57. The Morgan fingerprint density at radius 3 is 2.21 bits per heavy atom. The number of phenolic OH excluding ortho intramolecular Hbond substituents is 2. The molecular formula is C28H26N2O3. The third-order valence-electron chi connectivity index (χ3n) is 5.33. The van der Waals surface area contributed by atoms with Gasteiger partial charge in [-0.2, -0.15) is 0 Å². The summed E-state index contributed by atoms with van der Waals surface area (Å²) in [6.07, 6.45) is 2.80. The van der Waals surface area contributed by atoms with Gasteiger partial charge in [0.25, 0.3) is 0 Å². The number of ether oxygens (including phenoxy) is 1. The van der Waals surface area contributed by atoms with E-state index in [0.29, 0.717) is 34.9 Å². The molecule has 1 aromatic heterocycles. The van der Waals surface area contributed by atoms with Crippen molar-refractivity contribution in [2.45, 2.75) is 20.3 Å². The van der Waals surface area contributed by atoms with E-state index in [1.165, 1.54) is 5.57 Å². The van der Waals surface area contributed by atoms with Gasteiger partial charge in [-0.3, -0.25) is 0 Å². The smallest absolute Gasteiger partial charge is 0.160 e. The van der Waals surface area contributed by atoms with Crippen LogP contribution in [0.2, 0.25) is 0 Å². The fourth-order valence-corrected chi connectivity index (χ4v) is 3.56. The van der Waals surface area contributed by atoms with Gasteiger partial charge in [-0.15, -0.1) is 0 Å². The summed E-state index contributed by atoms with van der Waals surface area (Å²) < 4.78 is 5.50. The molecular weight excluding hydrogens is 412 g/mol. The summed E-state index contributed by atoms with van der Waals surface area (Å²) in [6.45, 7) is 4.10. The summed E-state index contributed by atoms with van der Waals surface area (Å²) in [5.41, 5.74) is 5.77. The lowest BCUT2D eigenvalue weighted by molar-refractivity contribution is 0.404. The van der Waals surface area contributed by atoms with Crippen molar-refractivity contribution in [2.24, 2.45) is 0 Å². The maximum Gasteiger partial charge on any atom is 0.160 e. The van der Waals surface area contributed by atoms with E-state index in [4.69, 9.17) is 14.7 Å². The lowest BCUT2D eigenvalue weighted by atomic mass is 10.0. The zero-order chi connectivity index (χ0) is 23.4. The van der Waals surface area contributed by atoms with Crippen LogP contribution in [0, 0.1) is 0 Å². The number of nitrogens with zero attached hydrogens (tertiary/aromatic N) is 2. The molecule has 0 aliphatic heterocycles. The molecule has 0 saturated carbocycles. The molecule has 5 nitrogen and oxygen atoms in total. The predicted octanol–water partition coefficient (Wildman–Crippen LogP) is 6.41. The number of aromatic nitrogens is 2. The quantitative estimate of drug-likeness (QED) is 0.340. The molecule has 0 unspecified atom stereocenters. The van der Waals surface area contributed by atoms with Gasteiger partial charge < -0.3 is 14.9 Å². The largest absolute Gasteiger partial charge is 0.508 e. The van der Waals surface area contributed by atoms with E-state index >= 15 is 0 Å². The highest BCUT2D eigenvalue weighted by Gasteiger charge is 2.16. The molecule has 4 rings (SSSR count). The highest BCUT2D eigenvalue weighted by Crippen LogP contribution is 2.37. The summed E-state index contributed by atoms with van der Waals surface area (Å²) in [5.74, 6) is 1.46. The van der Waals surface area contributed by atoms with Gasteiger partial charge in [-0.1, -0.05) is 42.0 Å². The van der Waals surface area contributed by atoms with Crippen molar-refractivity contribution in [3.63, 3.8) is 0 Å². The van der Waals surface area contributed by atoms with E-state index in [0.717, 1.165) is 16.7 Å². The first-order valence-corrected chi connectivity index (χ1v) is 10.7. The van der Waals surface area contributed by atoms with E-state index in [9.17, 15) is 10.2 Å². The molecule has 0 aliphatic carbocycles. The number of allylic oxidation sites excluding steroid dienone is 2. The lowest BCUT2D eigenvalue weighted by Crippen LogP contribution is -1.98. The molecule has 0 radical (unpaired) electrons. The molecule has 2 N–H and O–H groups in total. The van der Waals surface area contributed by atoms with Gasteiger partial charge in [0.2, 0.25) is 0 Å². The van der Waals surface area contributed by atoms with E-state index in [1.54, 1.807) is 25.3 Å². The van der Waals surface area contributed by atoms with E-state index in [-0.39, 0.29) is 11.5 Å². The molecule has 0 amide bonds. The fourth-order valence-electron chi connectivity index (χ4n) is 3.56. The van der Waals surface area contributed by atoms with Gasteiger partial charge in [0.1, 0.15) is 17.2 Å². The number of benzene rings is 3. The molecule has 0 bridgehead atoms. The number of methoxy groups -OCH3 is 1. The third-order valence-corrected chi connectivity index (χ3v) is 5.33. The Morgan fingerprint density at radius 1 is 0.848 bits per heavy atom.